The minimum atomic E-state index is -0.469. The Bertz CT molecular complexity index is 1030. The van der Waals surface area contributed by atoms with Gasteiger partial charge in [0, 0.05) is 5.75 Å². The number of hydrogen-bond donors (Lipinski definition) is 1. The zero-order valence-electron chi connectivity index (χ0n) is 15.8. The molecule has 0 spiro atoms. The second kappa shape index (κ2) is 8.77. The highest BCUT2D eigenvalue weighted by Gasteiger charge is 2.47. The topological polar surface area (TPSA) is 116 Å². The molecule has 1 aliphatic heterocycles. The Labute approximate surface area is 181 Å². The van der Waals surface area contributed by atoms with Crippen molar-refractivity contribution in [2.45, 2.75) is 22.9 Å². The number of carbonyl (C=O) groups is 3. The number of thioether (sulfide) groups is 1. The zero-order valence-corrected chi connectivity index (χ0v) is 17.4. The van der Waals surface area contributed by atoms with E-state index in [-0.39, 0.29) is 30.2 Å². The fraction of sp³-hybridized carbons (Fsp3) is 0.300. The summed E-state index contributed by atoms with van der Waals surface area (Å²) in [5.74, 6) is -1.06. The maximum Gasteiger partial charge on any atom is 0.246 e. The quantitative estimate of drug-likeness (QED) is 0.318. The monoisotopic (exact) mass is 439 g/mol. The summed E-state index contributed by atoms with van der Waals surface area (Å²) in [6, 6.07) is 9.36. The SMILES string of the molecule is N#Cc1ccc(CSc2nnc(NC(=O)CN3C(=O)[C@H]4CC=CC[C@H]4C3=O)s2)cc1. The van der Waals surface area contributed by atoms with Crippen LogP contribution in [0.3, 0.4) is 0 Å². The van der Waals surface area contributed by atoms with Gasteiger partial charge in [-0.05, 0) is 30.5 Å². The Balaban J connectivity index is 1.30. The second-order valence-electron chi connectivity index (χ2n) is 6.94. The van der Waals surface area contributed by atoms with Crippen LogP contribution >= 0.6 is 23.1 Å². The van der Waals surface area contributed by atoms with Crippen molar-refractivity contribution in [2.24, 2.45) is 11.8 Å². The number of carbonyl (C=O) groups excluding carboxylic acids is 3. The molecule has 1 saturated heterocycles. The number of fused-ring (bicyclic) bond motifs is 1. The van der Waals surface area contributed by atoms with Gasteiger partial charge in [-0.25, -0.2) is 0 Å². The lowest BCUT2D eigenvalue weighted by molar-refractivity contribution is -0.142. The normalized spacial score (nSPS) is 20.2. The van der Waals surface area contributed by atoms with Gasteiger partial charge in [0.05, 0.1) is 23.5 Å². The molecule has 0 saturated carbocycles. The van der Waals surface area contributed by atoms with E-state index in [0.717, 1.165) is 10.5 Å². The smallest absolute Gasteiger partial charge is 0.246 e. The molecule has 30 heavy (non-hydrogen) atoms. The van der Waals surface area contributed by atoms with Crippen molar-refractivity contribution >= 4 is 46.0 Å². The third-order valence-electron chi connectivity index (χ3n) is 5.00. The van der Waals surface area contributed by atoms with Crippen LogP contribution in [0.2, 0.25) is 0 Å². The first kappa shape index (κ1) is 20.3. The fourth-order valence-electron chi connectivity index (χ4n) is 3.47. The number of imide groups is 1. The lowest BCUT2D eigenvalue weighted by Gasteiger charge is -2.14. The average Bonchev–Trinajstić information content (AvgIpc) is 3.31. The standard InChI is InChI=1S/C20H17N5O3S2/c21-9-12-5-7-13(8-6-12)11-29-20-24-23-19(30-20)22-16(26)10-25-17(27)14-3-1-2-4-15(14)18(25)28/h1-2,5-8,14-15H,3-4,10-11H2,(H,22,23,26)/t14-,15+. The van der Waals surface area contributed by atoms with Gasteiger partial charge in [0.2, 0.25) is 22.9 Å². The van der Waals surface area contributed by atoms with E-state index in [2.05, 4.69) is 21.6 Å². The number of likely N-dealkylation sites (tertiary alicyclic amines) is 1. The first-order valence-corrected chi connectivity index (χ1v) is 11.1. The maximum atomic E-state index is 12.4. The molecule has 0 radical (unpaired) electrons. The Morgan fingerprint density at radius 2 is 1.83 bits per heavy atom. The van der Waals surface area contributed by atoms with Gasteiger partial charge in [-0.3, -0.25) is 24.6 Å². The van der Waals surface area contributed by atoms with E-state index < -0.39 is 5.91 Å². The van der Waals surface area contributed by atoms with Crippen molar-refractivity contribution in [3.8, 4) is 6.07 Å². The first-order chi connectivity index (χ1) is 14.5. The second-order valence-corrected chi connectivity index (χ2v) is 9.14. The third kappa shape index (κ3) is 4.27. The van der Waals surface area contributed by atoms with Crippen LogP contribution < -0.4 is 5.32 Å². The summed E-state index contributed by atoms with van der Waals surface area (Å²) >= 11 is 2.69. The molecule has 152 valence electrons. The van der Waals surface area contributed by atoms with Gasteiger partial charge < -0.3 is 0 Å². The lowest BCUT2D eigenvalue weighted by Crippen LogP contribution is -2.38. The number of nitriles is 1. The number of nitrogens with one attached hydrogen (secondary N) is 1. The molecular formula is C20H17N5O3S2. The summed E-state index contributed by atoms with van der Waals surface area (Å²) < 4.78 is 0.681. The van der Waals surface area contributed by atoms with Crippen LogP contribution in [0.25, 0.3) is 0 Å². The number of nitrogens with zero attached hydrogens (tertiary/aromatic N) is 4. The number of hydrogen-bond acceptors (Lipinski definition) is 8. The molecule has 10 heteroatoms. The lowest BCUT2D eigenvalue weighted by atomic mass is 9.85. The molecule has 1 fully saturated rings. The van der Waals surface area contributed by atoms with Gasteiger partial charge in [-0.2, -0.15) is 5.26 Å². The van der Waals surface area contributed by atoms with Crippen LogP contribution in [0.15, 0.2) is 40.8 Å². The van der Waals surface area contributed by atoms with Gasteiger partial charge in [-0.1, -0.05) is 47.4 Å². The van der Waals surface area contributed by atoms with Crippen LogP contribution in [0.1, 0.15) is 24.0 Å². The van der Waals surface area contributed by atoms with Crippen molar-refractivity contribution in [1.82, 2.24) is 15.1 Å². The molecule has 1 aliphatic carbocycles. The van der Waals surface area contributed by atoms with Crippen molar-refractivity contribution in [3.63, 3.8) is 0 Å². The molecular weight excluding hydrogens is 422 g/mol. The molecule has 2 atom stereocenters. The van der Waals surface area contributed by atoms with E-state index >= 15 is 0 Å². The number of benzene rings is 1. The van der Waals surface area contributed by atoms with Crippen molar-refractivity contribution in [3.05, 3.63) is 47.5 Å². The van der Waals surface area contributed by atoms with E-state index in [1.807, 2.05) is 24.3 Å². The maximum absolute atomic E-state index is 12.4. The predicted molar refractivity (Wildman–Crippen MR) is 111 cm³/mol. The highest BCUT2D eigenvalue weighted by atomic mass is 32.2. The van der Waals surface area contributed by atoms with E-state index in [0.29, 0.717) is 33.6 Å². The van der Waals surface area contributed by atoms with Crippen LogP contribution in [-0.4, -0.2) is 39.4 Å². The number of anilines is 1. The van der Waals surface area contributed by atoms with E-state index in [1.165, 1.54) is 23.1 Å². The van der Waals surface area contributed by atoms with Gasteiger partial charge in [-0.15, -0.1) is 10.2 Å². The molecule has 3 amide bonds. The summed E-state index contributed by atoms with van der Waals surface area (Å²) in [6.07, 6.45) is 4.91. The van der Waals surface area contributed by atoms with Crippen LogP contribution in [0, 0.1) is 23.2 Å². The summed E-state index contributed by atoms with van der Waals surface area (Å²) in [5.41, 5.74) is 1.65. The number of aromatic nitrogens is 2. The Kier molecular flexibility index (Phi) is 5.92. The molecule has 4 rings (SSSR count). The van der Waals surface area contributed by atoms with Crippen molar-refractivity contribution in [2.75, 3.05) is 11.9 Å². The van der Waals surface area contributed by atoms with Crippen LogP contribution in [0.5, 0.6) is 0 Å². The molecule has 1 N–H and O–H groups in total. The Morgan fingerprint density at radius 1 is 1.17 bits per heavy atom. The zero-order chi connectivity index (χ0) is 21.1. The van der Waals surface area contributed by atoms with Gasteiger partial charge in [0.25, 0.3) is 0 Å². The van der Waals surface area contributed by atoms with Crippen molar-refractivity contribution < 1.29 is 14.4 Å². The molecule has 2 aliphatic rings. The van der Waals surface area contributed by atoms with Gasteiger partial charge in [0.1, 0.15) is 6.54 Å². The molecule has 1 aromatic heterocycles. The summed E-state index contributed by atoms with van der Waals surface area (Å²) in [4.78, 5) is 38.3. The molecule has 0 unspecified atom stereocenters. The largest absolute Gasteiger partial charge is 0.299 e. The third-order valence-corrected chi connectivity index (χ3v) is 7.04. The predicted octanol–water partition coefficient (Wildman–Crippen LogP) is 2.59. The van der Waals surface area contributed by atoms with E-state index in [9.17, 15) is 14.4 Å². The summed E-state index contributed by atoms with van der Waals surface area (Å²) in [7, 11) is 0. The van der Waals surface area contributed by atoms with Crippen molar-refractivity contribution in [1.29, 1.82) is 5.26 Å². The number of rotatable bonds is 6. The Hall–Kier alpha value is -3.03. The molecule has 8 nitrogen and oxygen atoms in total. The van der Waals surface area contributed by atoms with Gasteiger partial charge in [0.15, 0.2) is 4.34 Å². The van der Waals surface area contributed by atoms with Crippen LogP contribution in [-0.2, 0) is 20.1 Å². The number of allylic oxidation sites excluding steroid dienone is 2. The van der Waals surface area contributed by atoms with E-state index in [1.54, 1.807) is 12.1 Å². The first-order valence-electron chi connectivity index (χ1n) is 9.30. The average molecular weight is 440 g/mol. The molecule has 1 aromatic carbocycles. The fourth-order valence-corrected chi connectivity index (χ4v) is 5.19. The molecule has 0 bridgehead atoms. The summed E-state index contributed by atoms with van der Waals surface area (Å²) in [6.45, 7) is -0.308. The Morgan fingerprint density at radius 3 is 2.47 bits per heavy atom. The number of amides is 3. The van der Waals surface area contributed by atoms with Crippen LogP contribution in [0.4, 0.5) is 5.13 Å². The minimum Gasteiger partial charge on any atom is -0.299 e. The van der Waals surface area contributed by atoms with Gasteiger partial charge >= 0.3 is 0 Å². The minimum absolute atomic E-state index is 0.277. The van der Waals surface area contributed by atoms with E-state index in [4.69, 9.17) is 5.26 Å². The highest BCUT2D eigenvalue weighted by molar-refractivity contribution is 8.00. The summed E-state index contributed by atoms with van der Waals surface area (Å²) in [5, 5.41) is 19.8. The molecule has 2 heterocycles. The molecule has 2 aromatic rings. The highest BCUT2D eigenvalue weighted by Crippen LogP contribution is 2.35.